The standard InChI is InChI=1S/C19H29N5O2/c25-19(15-1-2-18(21-13-15)22-16-3-6-20-14-16)24-7-4-17(5-8-24)23-9-11-26-12-10-23/h1-2,13,16-17,20H,3-12,14H2,(H,21,22)/t16-/m0/s1. The zero-order chi connectivity index (χ0) is 17.8. The van der Waals surface area contributed by atoms with E-state index in [1.807, 2.05) is 17.0 Å². The maximum absolute atomic E-state index is 12.8. The molecule has 7 heteroatoms. The molecule has 4 heterocycles. The summed E-state index contributed by atoms with van der Waals surface area (Å²) >= 11 is 0. The molecule has 142 valence electrons. The van der Waals surface area contributed by atoms with Gasteiger partial charge in [-0.15, -0.1) is 0 Å². The van der Waals surface area contributed by atoms with E-state index in [1.54, 1.807) is 6.20 Å². The van der Waals surface area contributed by atoms with Crippen LogP contribution in [0, 0.1) is 0 Å². The number of anilines is 1. The summed E-state index contributed by atoms with van der Waals surface area (Å²) in [6.07, 6.45) is 4.92. The van der Waals surface area contributed by atoms with Gasteiger partial charge in [0.15, 0.2) is 0 Å². The smallest absolute Gasteiger partial charge is 0.255 e. The normalized spacial score (nSPS) is 25.4. The van der Waals surface area contributed by atoms with Gasteiger partial charge in [0.25, 0.3) is 5.91 Å². The number of aromatic nitrogens is 1. The maximum atomic E-state index is 12.8. The fourth-order valence-electron chi connectivity index (χ4n) is 4.15. The van der Waals surface area contributed by atoms with Crippen molar-refractivity contribution < 1.29 is 9.53 Å². The first-order chi connectivity index (χ1) is 12.8. The van der Waals surface area contributed by atoms with Crippen molar-refractivity contribution in [3.8, 4) is 0 Å². The summed E-state index contributed by atoms with van der Waals surface area (Å²) in [6, 6.07) is 4.84. The number of carbonyl (C=O) groups is 1. The zero-order valence-electron chi connectivity index (χ0n) is 15.3. The quantitative estimate of drug-likeness (QED) is 0.829. The summed E-state index contributed by atoms with van der Waals surface area (Å²) in [6.45, 7) is 7.39. The van der Waals surface area contributed by atoms with Crippen LogP contribution in [-0.2, 0) is 4.74 Å². The van der Waals surface area contributed by atoms with Crippen LogP contribution in [-0.4, -0.2) is 85.3 Å². The number of nitrogens with one attached hydrogen (secondary N) is 2. The molecule has 1 atom stereocenters. The highest BCUT2D eigenvalue weighted by molar-refractivity contribution is 5.94. The Labute approximate surface area is 155 Å². The second-order valence-corrected chi connectivity index (χ2v) is 7.44. The lowest BCUT2D eigenvalue weighted by Gasteiger charge is -2.40. The third-order valence-corrected chi connectivity index (χ3v) is 5.74. The average Bonchev–Trinajstić information content (AvgIpc) is 3.22. The molecular weight excluding hydrogens is 330 g/mol. The van der Waals surface area contributed by atoms with Crippen LogP contribution >= 0.6 is 0 Å². The summed E-state index contributed by atoms with van der Waals surface area (Å²) in [5.41, 5.74) is 0.685. The first-order valence-corrected chi connectivity index (χ1v) is 9.84. The van der Waals surface area contributed by atoms with Crippen LogP contribution in [0.15, 0.2) is 18.3 Å². The van der Waals surface area contributed by atoms with Gasteiger partial charge in [-0.25, -0.2) is 4.98 Å². The van der Waals surface area contributed by atoms with Crippen LogP contribution in [0.1, 0.15) is 29.6 Å². The van der Waals surface area contributed by atoms with Crippen molar-refractivity contribution in [3.63, 3.8) is 0 Å². The Kier molecular flexibility index (Phi) is 5.67. The number of hydrogen-bond acceptors (Lipinski definition) is 6. The number of likely N-dealkylation sites (tertiary alicyclic amines) is 1. The Balaban J connectivity index is 1.28. The monoisotopic (exact) mass is 359 g/mol. The molecular formula is C19H29N5O2. The van der Waals surface area contributed by atoms with Crippen molar-refractivity contribution in [2.75, 3.05) is 57.8 Å². The molecule has 3 fully saturated rings. The van der Waals surface area contributed by atoms with Crippen LogP contribution in [0.4, 0.5) is 5.82 Å². The summed E-state index contributed by atoms with van der Waals surface area (Å²) in [5.74, 6) is 0.952. The largest absolute Gasteiger partial charge is 0.379 e. The van der Waals surface area contributed by atoms with Gasteiger partial charge in [-0.05, 0) is 37.9 Å². The second-order valence-electron chi connectivity index (χ2n) is 7.44. The maximum Gasteiger partial charge on any atom is 0.255 e. The summed E-state index contributed by atoms with van der Waals surface area (Å²) in [4.78, 5) is 21.7. The van der Waals surface area contributed by atoms with Gasteiger partial charge < -0.3 is 20.3 Å². The molecule has 0 radical (unpaired) electrons. The van der Waals surface area contributed by atoms with E-state index in [0.717, 1.165) is 77.6 Å². The van der Waals surface area contributed by atoms with Gasteiger partial charge >= 0.3 is 0 Å². The lowest BCUT2D eigenvalue weighted by molar-refractivity contribution is 0.00158. The molecule has 1 aromatic heterocycles. The number of hydrogen-bond donors (Lipinski definition) is 2. The van der Waals surface area contributed by atoms with Gasteiger partial charge in [0.05, 0.1) is 18.8 Å². The molecule has 3 aliphatic rings. The number of rotatable bonds is 4. The molecule has 26 heavy (non-hydrogen) atoms. The third-order valence-electron chi connectivity index (χ3n) is 5.74. The Bertz CT molecular complexity index is 588. The van der Waals surface area contributed by atoms with E-state index in [0.29, 0.717) is 17.6 Å². The molecule has 0 saturated carbocycles. The van der Waals surface area contributed by atoms with Crippen molar-refractivity contribution in [2.24, 2.45) is 0 Å². The van der Waals surface area contributed by atoms with Gasteiger partial charge in [0, 0.05) is 51.0 Å². The third kappa shape index (κ3) is 4.16. The minimum absolute atomic E-state index is 0.104. The van der Waals surface area contributed by atoms with Crippen LogP contribution in [0.5, 0.6) is 0 Å². The topological polar surface area (TPSA) is 69.7 Å². The minimum atomic E-state index is 0.104. The number of carbonyl (C=O) groups excluding carboxylic acids is 1. The van der Waals surface area contributed by atoms with E-state index >= 15 is 0 Å². The first-order valence-electron chi connectivity index (χ1n) is 9.84. The Morgan fingerprint density at radius 3 is 2.62 bits per heavy atom. The van der Waals surface area contributed by atoms with E-state index in [4.69, 9.17) is 4.74 Å². The molecule has 0 aliphatic carbocycles. The average molecular weight is 359 g/mol. The number of morpholine rings is 1. The van der Waals surface area contributed by atoms with Gasteiger partial charge in [0.2, 0.25) is 0 Å². The van der Waals surface area contributed by atoms with Crippen molar-refractivity contribution >= 4 is 11.7 Å². The number of nitrogens with zero attached hydrogens (tertiary/aromatic N) is 3. The highest BCUT2D eigenvalue weighted by Crippen LogP contribution is 2.20. The Morgan fingerprint density at radius 1 is 1.15 bits per heavy atom. The fourth-order valence-corrected chi connectivity index (χ4v) is 4.15. The van der Waals surface area contributed by atoms with E-state index in [1.165, 1.54) is 0 Å². The first kappa shape index (κ1) is 17.7. The summed E-state index contributed by atoms with van der Waals surface area (Å²) in [5, 5.41) is 6.75. The summed E-state index contributed by atoms with van der Waals surface area (Å²) in [7, 11) is 0. The summed E-state index contributed by atoms with van der Waals surface area (Å²) < 4.78 is 5.44. The molecule has 1 aromatic rings. The highest BCUT2D eigenvalue weighted by Gasteiger charge is 2.28. The highest BCUT2D eigenvalue weighted by atomic mass is 16.5. The number of ether oxygens (including phenoxy) is 1. The minimum Gasteiger partial charge on any atom is -0.379 e. The Morgan fingerprint density at radius 2 is 1.96 bits per heavy atom. The van der Waals surface area contributed by atoms with Crippen LogP contribution < -0.4 is 10.6 Å². The van der Waals surface area contributed by atoms with Crippen molar-refractivity contribution in [2.45, 2.75) is 31.3 Å². The number of pyridine rings is 1. The van der Waals surface area contributed by atoms with Gasteiger partial charge in [0.1, 0.15) is 5.82 Å². The molecule has 1 amide bonds. The number of amides is 1. The molecule has 7 nitrogen and oxygen atoms in total. The Hall–Kier alpha value is -1.70. The molecule has 3 aliphatic heterocycles. The molecule has 0 aromatic carbocycles. The molecule has 4 rings (SSSR count). The van der Waals surface area contributed by atoms with Gasteiger partial charge in [-0.2, -0.15) is 0 Å². The van der Waals surface area contributed by atoms with Crippen LogP contribution in [0.2, 0.25) is 0 Å². The predicted octanol–water partition coefficient (Wildman–Crippen LogP) is 0.792. The second kappa shape index (κ2) is 8.33. The van der Waals surface area contributed by atoms with Gasteiger partial charge in [-0.3, -0.25) is 9.69 Å². The van der Waals surface area contributed by atoms with Crippen LogP contribution in [0.25, 0.3) is 0 Å². The molecule has 0 spiro atoms. The van der Waals surface area contributed by atoms with Crippen molar-refractivity contribution in [1.82, 2.24) is 20.1 Å². The SMILES string of the molecule is O=C(c1ccc(N[C@H]2CCNC2)nc1)N1CCC(N2CCOCC2)CC1. The van der Waals surface area contributed by atoms with Crippen molar-refractivity contribution in [3.05, 3.63) is 23.9 Å². The number of piperidine rings is 1. The van der Waals surface area contributed by atoms with E-state index in [-0.39, 0.29) is 5.91 Å². The molecule has 0 unspecified atom stereocenters. The van der Waals surface area contributed by atoms with Crippen molar-refractivity contribution in [1.29, 1.82) is 0 Å². The molecule has 0 bridgehead atoms. The van der Waals surface area contributed by atoms with E-state index in [9.17, 15) is 4.79 Å². The lowest BCUT2D eigenvalue weighted by atomic mass is 10.0. The molecule has 3 saturated heterocycles. The zero-order valence-corrected chi connectivity index (χ0v) is 15.3. The van der Waals surface area contributed by atoms with Crippen LogP contribution in [0.3, 0.4) is 0 Å². The van der Waals surface area contributed by atoms with Gasteiger partial charge in [-0.1, -0.05) is 0 Å². The lowest BCUT2D eigenvalue weighted by Crippen LogP contribution is -2.50. The van der Waals surface area contributed by atoms with E-state index in [2.05, 4.69) is 20.5 Å². The fraction of sp³-hybridized carbons (Fsp3) is 0.684. The van der Waals surface area contributed by atoms with E-state index < -0.39 is 0 Å². The molecule has 2 N–H and O–H groups in total. The predicted molar refractivity (Wildman–Crippen MR) is 100 cm³/mol.